The summed E-state index contributed by atoms with van der Waals surface area (Å²) in [4.78, 5) is 19.4. The maximum absolute atomic E-state index is 12.6. The second kappa shape index (κ2) is 11.1. The minimum absolute atomic E-state index is 0.00195. The number of carbonyl (C=O) groups is 1. The van der Waals surface area contributed by atoms with Gasteiger partial charge >= 0.3 is 0 Å². The molecule has 7 heteroatoms. The van der Waals surface area contributed by atoms with E-state index in [1.165, 1.54) is 5.56 Å². The van der Waals surface area contributed by atoms with E-state index in [0.29, 0.717) is 38.0 Å². The average molecular weight is 443 g/mol. The smallest absolute Gasteiger partial charge is 0.241 e. The number of carbonyl (C=O) groups excluding carboxylic acids is 1. The van der Waals surface area contributed by atoms with Crippen LogP contribution in [0, 0.1) is 5.92 Å². The largest absolute Gasteiger partial charge is 0.379 e. The van der Waals surface area contributed by atoms with Crippen molar-refractivity contribution < 1.29 is 14.1 Å². The van der Waals surface area contributed by atoms with Crippen molar-refractivity contribution in [2.45, 2.75) is 71.9 Å². The zero-order chi connectivity index (χ0) is 23.1. The molecule has 1 aromatic carbocycles. The third-order valence-electron chi connectivity index (χ3n) is 5.78. The third-order valence-corrected chi connectivity index (χ3v) is 5.78. The minimum Gasteiger partial charge on any atom is -0.379 e. The van der Waals surface area contributed by atoms with Gasteiger partial charge in [-0.3, -0.25) is 9.69 Å². The molecular formula is C25H38N4O3. The van der Waals surface area contributed by atoms with Gasteiger partial charge in [0, 0.05) is 25.3 Å². The molecule has 1 saturated heterocycles. The quantitative estimate of drug-likeness (QED) is 0.587. The number of rotatable bonds is 9. The van der Waals surface area contributed by atoms with Crippen LogP contribution in [0.15, 0.2) is 28.8 Å². The fourth-order valence-corrected chi connectivity index (χ4v) is 3.91. The highest BCUT2D eigenvalue weighted by Gasteiger charge is 2.26. The molecule has 0 spiro atoms. The van der Waals surface area contributed by atoms with Gasteiger partial charge in [0.05, 0.1) is 18.6 Å². The molecule has 1 fully saturated rings. The molecule has 1 aromatic heterocycles. The van der Waals surface area contributed by atoms with E-state index in [9.17, 15) is 4.79 Å². The van der Waals surface area contributed by atoms with Crippen LogP contribution >= 0.6 is 0 Å². The van der Waals surface area contributed by atoms with Crippen LogP contribution in [0.4, 0.5) is 0 Å². The van der Waals surface area contributed by atoms with Gasteiger partial charge in [-0.05, 0) is 50.6 Å². The predicted octanol–water partition coefficient (Wildman–Crippen LogP) is 4.18. The first kappa shape index (κ1) is 24.4. The topological polar surface area (TPSA) is 80.5 Å². The Hall–Kier alpha value is -2.25. The van der Waals surface area contributed by atoms with Gasteiger partial charge in [-0.2, -0.15) is 4.98 Å². The zero-order valence-electron chi connectivity index (χ0n) is 20.2. The van der Waals surface area contributed by atoms with Gasteiger partial charge in [-0.1, -0.05) is 50.2 Å². The Morgan fingerprint density at radius 3 is 2.72 bits per heavy atom. The Kier molecular flexibility index (Phi) is 8.43. The molecule has 32 heavy (non-hydrogen) atoms. The van der Waals surface area contributed by atoms with Crippen molar-refractivity contribution in [1.82, 2.24) is 20.4 Å². The van der Waals surface area contributed by atoms with Crippen LogP contribution in [0.1, 0.15) is 65.3 Å². The van der Waals surface area contributed by atoms with Gasteiger partial charge in [0.25, 0.3) is 0 Å². The number of hydrogen-bond donors (Lipinski definition) is 1. The number of hydrogen-bond acceptors (Lipinski definition) is 6. The highest BCUT2D eigenvalue weighted by molar-refractivity contribution is 5.78. The second-order valence-electron chi connectivity index (χ2n) is 9.98. The summed E-state index contributed by atoms with van der Waals surface area (Å²) in [6, 6.07) is 8.33. The standard InChI is InChI=1S/C25H38N4O3/c1-18(2)31-15-7-13-26-24(30)20-8-6-14-29(16-20)17-22-27-23(28-32-22)19-9-11-21(12-10-19)25(3,4)5/h9-12,18,20H,6-8,13-17H2,1-5H3,(H,26,30). The summed E-state index contributed by atoms with van der Waals surface area (Å²) in [5, 5.41) is 7.22. The van der Waals surface area contributed by atoms with Crippen molar-refractivity contribution in [3.8, 4) is 11.4 Å². The van der Waals surface area contributed by atoms with E-state index in [0.717, 1.165) is 31.4 Å². The van der Waals surface area contributed by atoms with Crippen molar-refractivity contribution in [3.05, 3.63) is 35.7 Å². The lowest BCUT2D eigenvalue weighted by atomic mass is 9.87. The van der Waals surface area contributed by atoms with Crippen molar-refractivity contribution in [3.63, 3.8) is 0 Å². The third kappa shape index (κ3) is 7.14. The number of nitrogens with zero attached hydrogens (tertiary/aromatic N) is 3. The first-order chi connectivity index (χ1) is 15.2. The first-order valence-corrected chi connectivity index (χ1v) is 11.8. The van der Waals surface area contributed by atoms with Crippen LogP contribution in [0.3, 0.4) is 0 Å². The predicted molar refractivity (Wildman–Crippen MR) is 125 cm³/mol. The van der Waals surface area contributed by atoms with Crippen molar-refractivity contribution in [2.75, 3.05) is 26.2 Å². The molecule has 1 unspecified atom stereocenters. The summed E-state index contributed by atoms with van der Waals surface area (Å²) >= 11 is 0. The SMILES string of the molecule is CC(C)OCCCNC(=O)C1CCCN(Cc2nc(-c3ccc(C(C)(C)C)cc3)no2)C1. The summed E-state index contributed by atoms with van der Waals surface area (Å²) in [6.07, 6.45) is 2.97. The Bertz CT molecular complexity index is 855. The zero-order valence-corrected chi connectivity index (χ0v) is 20.2. The number of benzene rings is 1. The average Bonchev–Trinajstić information content (AvgIpc) is 3.21. The van der Waals surface area contributed by atoms with Crippen molar-refractivity contribution in [1.29, 1.82) is 0 Å². The van der Waals surface area contributed by atoms with E-state index in [1.54, 1.807) is 0 Å². The molecule has 0 radical (unpaired) electrons. The lowest BCUT2D eigenvalue weighted by Crippen LogP contribution is -2.43. The van der Waals surface area contributed by atoms with Crippen molar-refractivity contribution in [2.24, 2.45) is 5.92 Å². The number of ether oxygens (including phenoxy) is 1. The van der Waals surface area contributed by atoms with Gasteiger partial charge in [-0.25, -0.2) is 0 Å². The van der Waals surface area contributed by atoms with E-state index in [4.69, 9.17) is 9.26 Å². The van der Waals surface area contributed by atoms with Gasteiger partial charge in [-0.15, -0.1) is 0 Å². The van der Waals surface area contributed by atoms with E-state index in [1.807, 2.05) is 26.0 Å². The number of aromatic nitrogens is 2. The lowest BCUT2D eigenvalue weighted by Gasteiger charge is -2.30. The Labute approximate surface area is 191 Å². The second-order valence-corrected chi connectivity index (χ2v) is 9.98. The van der Waals surface area contributed by atoms with E-state index in [2.05, 4.69) is 53.3 Å². The molecule has 2 heterocycles. The molecule has 2 aromatic rings. The molecule has 0 bridgehead atoms. The Balaban J connectivity index is 1.49. The van der Waals surface area contributed by atoms with E-state index in [-0.39, 0.29) is 23.3 Å². The molecule has 3 rings (SSSR count). The number of nitrogens with one attached hydrogen (secondary N) is 1. The Morgan fingerprint density at radius 2 is 2.03 bits per heavy atom. The molecule has 1 atom stereocenters. The first-order valence-electron chi connectivity index (χ1n) is 11.8. The number of amides is 1. The van der Waals surface area contributed by atoms with Gasteiger partial charge in [0.2, 0.25) is 17.6 Å². The van der Waals surface area contributed by atoms with Crippen LogP contribution < -0.4 is 5.32 Å². The van der Waals surface area contributed by atoms with Gasteiger partial charge in [0.1, 0.15) is 0 Å². The van der Waals surface area contributed by atoms with Crippen LogP contribution in [-0.2, 0) is 21.5 Å². The molecule has 0 saturated carbocycles. The van der Waals surface area contributed by atoms with Crippen LogP contribution in [0.25, 0.3) is 11.4 Å². The summed E-state index contributed by atoms with van der Waals surface area (Å²) < 4.78 is 11.0. The van der Waals surface area contributed by atoms with Crippen LogP contribution in [0.5, 0.6) is 0 Å². The van der Waals surface area contributed by atoms with Crippen LogP contribution in [0.2, 0.25) is 0 Å². The van der Waals surface area contributed by atoms with Gasteiger partial charge in [0.15, 0.2) is 0 Å². The summed E-state index contributed by atoms with van der Waals surface area (Å²) in [5.74, 6) is 1.33. The van der Waals surface area contributed by atoms with Gasteiger partial charge < -0.3 is 14.6 Å². The Morgan fingerprint density at radius 1 is 1.28 bits per heavy atom. The molecule has 1 amide bonds. The molecular weight excluding hydrogens is 404 g/mol. The lowest BCUT2D eigenvalue weighted by molar-refractivity contribution is -0.126. The number of likely N-dealkylation sites (tertiary alicyclic amines) is 1. The maximum atomic E-state index is 12.6. The molecule has 1 N–H and O–H groups in total. The molecule has 1 aliphatic rings. The summed E-state index contributed by atoms with van der Waals surface area (Å²) in [5.41, 5.74) is 2.33. The fourth-order valence-electron chi connectivity index (χ4n) is 3.91. The fraction of sp³-hybridized carbons (Fsp3) is 0.640. The molecule has 176 valence electrons. The van der Waals surface area contributed by atoms with E-state index >= 15 is 0 Å². The number of piperidine rings is 1. The monoisotopic (exact) mass is 442 g/mol. The highest BCUT2D eigenvalue weighted by Crippen LogP contribution is 2.25. The highest BCUT2D eigenvalue weighted by atomic mass is 16.5. The normalized spacial score (nSPS) is 17.6. The summed E-state index contributed by atoms with van der Waals surface area (Å²) in [7, 11) is 0. The maximum Gasteiger partial charge on any atom is 0.241 e. The molecule has 0 aliphatic carbocycles. The molecule has 7 nitrogen and oxygen atoms in total. The summed E-state index contributed by atoms with van der Waals surface area (Å²) in [6.45, 7) is 14.2. The molecule has 1 aliphatic heterocycles. The minimum atomic E-state index is 0.00195. The van der Waals surface area contributed by atoms with Crippen LogP contribution in [-0.4, -0.2) is 53.3 Å². The van der Waals surface area contributed by atoms with Crippen molar-refractivity contribution >= 4 is 5.91 Å². The van der Waals surface area contributed by atoms with E-state index < -0.39 is 0 Å².